The number of ketones is 2. The Hall–Kier alpha value is -2.55. The molecular formula is C24H27IN2O9. The third-order valence-corrected chi connectivity index (χ3v) is 8.38. The number of hydrogen-bond acceptors (Lipinski definition) is 10. The Morgan fingerprint density at radius 3 is 2.58 bits per heavy atom. The van der Waals surface area contributed by atoms with Gasteiger partial charge in [0.25, 0.3) is 0 Å². The van der Waals surface area contributed by atoms with Gasteiger partial charge in [-0.05, 0) is 73.0 Å². The number of likely N-dealkylation sites (N-methyl/N-ethyl adjacent to an activating group) is 1. The van der Waals surface area contributed by atoms with Gasteiger partial charge < -0.3 is 35.8 Å². The van der Waals surface area contributed by atoms with Crippen LogP contribution in [0.2, 0.25) is 0 Å². The van der Waals surface area contributed by atoms with Gasteiger partial charge in [0.15, 0.2) is 17.2 Å². The first-order chi connectivity index (χ1) is 17.0. The number of primary amides is 1. The van der Waals surface area contributed by atoms with Crippen LogP contribution >= 0.6 is 22.6 Å². The smallest absolute Gasteiger partial charge is 0.332 e. The Bertz CT molecular complexity index is 1180. The summed E-state index contributed by atoms with van der Waals surface area (Å²) in [6.45, 7) is 1.17. The minimum Gasteiger partial charge on any atom is -0.508 e. The maximum absolute atomic E-state index is 13.6. The number of amides is 1. The molecule has 1 fully saturated rings. The fourth-order valence-electron chi connectivity index (χ4n) is 5.84. The fourth-order valence-corrected chi connectivity index (χ4v) is 6.51. The van der Waals surface area contributed by atoms with Crippen molar-refractivity contribution in [1.82, 2.24) is 5.32 Å². The van der Waals surface area contributed by atoms with Crippen LogP contribution in [-0.4, -0.2) is 76.8 Å². The second-order valence-electron chi connectivity index (χ2n) is 9.16. The molecule has 3 aliphatic rings. The van der Waals surface area contributed by atoms with Gasteiger partial charge in [0.05, 0.1) is 18.3 Å². The van der Waals surface area contributed by atoms with Crippen molar-refractivity contribution in [3.05, 3.63) is 38.2 Å². The molecule has 0 heterocycles. The van der Waals surface area contributed by atoms with E-state index in [1.807, 2.05) is 0 Å². The minimum atomic E-state index is -2.60. The number of esters is 1. The van der Waals surface area contributed by atoms with Gasteiger partial charge in [-0.1, -0.05) is 0 Å². The third kappa shape index (κ3) is 3.90. The summed E-state index contributed by atoms with van der Waals surface area (Å²) in [5.74, 6) is -8.07. The second kappa shape index (κ2) is 9.72. The Kier molecular flexibility index (Phi) is 7.16. The molecule has 1 saturated carbocycles. The van der Waals surface area contributed by atoms with Crippen LogP contribution in [0.15, 0.2) is 23.5 Å². The quantitative estimate of drug-likeness (QED) is 0.168. The molecule has 4 rings (SSSR count). The van der Waals surface area contributed by atoms with Gasteiger partial charge in [-0.15, -0.1) is 0 Å². The number of fused-ring (bicyclic) bond motifs is 3. The standard InChI is InChI=1S/C24H27IN2O9/c1-3-35-14(29)8-36-20-17(23(26)33)22(32)24(34)11(18(20)27-2)7-9-6-10-12(25)4-5-13(28)16(10)19(30)15(9)21(24)31/h4-5,9,11,17-18,20,27-28,31,34H,3,6-8H2,1-2H3,(H2,26,33)/t9-,11-,17?,18-,20?,24-/m0/s1. The number of aliphatic hydroxyl groups is 2. The number of rotatable bonds is 6. The number of nitrogens with one attached hydrogen (secondary N) is 1. The summed E-state index contributed by atoms with van der Waals surface area (Å²) in [7, 11) is 1.53. The number of nitrogens with two attached hydrogens (primary N) is 1. The van der Waals surface area contributed by atoms with E-state index in [2.05, 4.69) is 27.9 Å². The predicted octanol–water partition coefficient (Wildman–Crippen LogP) is 0.135. The molecule has 6 N–H and O–H groups in total. The zero-order valence-corrected chi connectivity index (χ0v) is 21.8. The Labute approximate surface area is 220 Å². The van der Waals surface area contributed by atoms with E-state index in [1.165, 1.54) is 13.1 Å². The van der Waals surface area contributed by atoms with Crippen molar-refractivity contribution >= 4 is 46.0 Å². The van der Waals surface area contributed by atoms with E-state index in [0.717, 1.165) is 3.57 Å². The number of halogens is 1. The maximum Gasteiger partial charge on any atom is 0.332 e. The van der Waals surface area contributed by atoms with E-state index >= 15 is 0 Å². The van der Waals surface area contributed by atoms with E-state index in [-0.39, 0.29) is 36.3 Å². The Morgan fingerprint density at radius 2 is 1.97 bits per heavy atom. The SMILES string of the molecule is CCOC(=O)COC1C(C(N)=O)C(=O)[C@@]2(O)C(O)=C3C(=O)c4c(O)ccc(I)c4C[C@H]3C[C@H]2[C@@H]1NC. The van der Waals surface area contributed by atoms with Crippen LogP contribution in [0.25, 0.3) is 0 Å². The molecule has 0 aromatic heterocycles. The highest BCUT2D eigenvalue weighted by atomic mass is 127. The number of benzene rings is 1. The second-order valence-corrected chi connectivity index (χ2v) is 10.3. The zero-order valence-electron chi connectivity index (χ0n) is 19.6. The number of carbonyl (C=O) groups excluding carboxylic acids is 4. The lowest BCUT2D eigenvalue weighted by Gasteiger charge is -2.53. The Morgan fingerprint density at radius 1 is 1.28 bits per heavy atom. The van der Waals surface area contributed by atoms with Gasteiger partial charge in [-0.25, -0.2) is 4.79 Å². The summed E-state index contributed by atoms with van der Waals surface area (Å²) in [6.07, 6.45) is -0.882. The lowest BCUT2D eigenvalue weighted by molar-refractivity contribution is -0.181. The van der Waals surface area contributed by atoms with Crippen LogP contribution in [0, 0.1) is 21.3 Å². The van der Waals surface area contributed by atoms with Crippen LogP contribution in [0.3, 0.4) is 0 Å². The van der Waals surface area contributed by atoms with Gasteiger partial charge in [-0.3, -0.25) is 14.4 Å². The summed E-state index contributed by atoms with van der Waals surface area (Å²) in [4.78, 5) is 51.3. The van der Waals surface area contributed by atoms with Crippen LogP contribution in [0.5, 0.6) is 5.75 Å². The molecular weight excluding hydrogens is 587 g/mol. The maximum atomic E-state index is 13.6. The molecule has 0 bridgehead atoms. The van der Waals surface area contributed by atoms with Gasteiger partial charge >= 0.3 is 5.97 Å². The number of ether oxygens (including phenoxy) is 2. The number of Topliss-reactive ketones (excluding diaryl/α,β-unsaturated/α-hetero) is 2. The number of aromatic hydroxyl groups is 1. The normalized spacial score (nSPS) is 31.4. The topological polar surface area (TPSA) is 185 Å². The van der Waals surface area contributed by atoms with Crippen LogP contribution in [0.1, 0.15) is 29.3 Å². The molecule has 12 heteroatoms. The average Bonchev–Trinajstić information content (AvgIpc) is 2.82. The molecule has 194 valence electrons. The molecule has 0 radical (unpaired) electrons. The number of carbonyl (C=O) groups is 4. The number of phenols is 1. The molecule has 1 aromatic carbocycles. The molecule has 0 aliphatic heterocycles. The van der Waals surface area contributed by atoms with Crippen LogP contribution < -0.4 is 11.1 Å². The largest absolute Gasteiger partial charge is 0.508 e. The van der Waals surface area contributed by atoms with Crippen molar-refractivity contribution in [2.45, 2.75) is 37.5 Å². The highest BCUT2D eigenvalue weighted by Gasteiger charge is 2.66. The van der Waals surface area contributed by atoms with Crippen LogP contribution in [0.4, 0.5) is 0 Å². The van der Waals surface area contributed by atoms with Crippen molar-refractivity contribution in [3.63, 3.8) is 0 Å². The van der Waals surface area contributed by atoms with Crippen LogP contribution in [-0.2, 0) is 30.3 Å². The molecule has 0 saturated heterocycles. The van der Waals surface area contributed by atoms with Crippen molar-refractivity contribution < 1.29 is 44.0 Å². The number of allylic oxidation sites excluding steroid dienone is 1. The number of phenolic OH excluding ortho intramolecular Hbond substituents is 1. The van der Waals surface area contributed by atoms with E-state index < -0.39 is 71.3 Å². The minimum absolute atomic E-state index is 0.0114. The van der Waals surface area contributed by atoms with Crippen molar-refractivity contribution in [1.29, 1.82) is 0 Å². The number of hydrogen-bond donors (Lipinski definition) is 5. The van der Waals surface area contributed by atoms with Gasteiger partial charge in [0.2, 0.25) is 5.91 Å². The van der Waals surface area contributed by atoms with Crippen molar-refractivity contribution in [2.24, 2.45) is 23.5 Å². The van der Waals surface area contributed by atoms with Crippen molar-refractivity contribution in [2.75, 3.05) is 20.3 Å². The van der Waals surface area contributed by atoms with Gasteiger partial charge in [0, 0.05) is 21.1 Å². The predicted molar refractivity (Wildman–Crippen MR) is 132 cm³/mol. The highest BCUT2D eigenvalue weighted by molar-refractivity contribution is 14.1. The molecule has 11 nitrogen and oxygen atoms in total. The summed E-state index contributed by atoms with van der Waals surface area (Å²) in [5.41, 5.74) is 3.37. The zero-order chi connectivity index (χ0) is 26.5. The lowest BCUT2D eigenvalue weighted by atomic mass is 9.56. The molecule has 3 aliphatic carbocycles. The first-order valence-corrected chi connectivity index (χ1v) is 12.6. The monoisotopic (exact) mass is 614 g/mol. The third-order valence-electron chi connectivity index (χ3n) is 7.37. The summed E-state index contributed by atoms with van der Waals surface area (Å²) in [5, 5.41) is 36.3. The molecule has 1 amide bonds. The van der Waals surface area contributed by atoms with Gasteiger partial charge in [0.1, 0.15) is 24.0 Å². The molecule has 0 spiro atoms. The van der Waals surface area contributed by atoms with E-state index in [1.54, 1.807) is 13.0 Å². The molecule has 1 aromatic rings. The summed E-state index contributed by atoms with van der Waals surface area (Å²) < 4.78 is 11.3. The number of aliphatic hydroxyl groups excluding tert-OH is 1. The first-order valence-electron chi connectivity index (χ1n) is 11.5. The molecule has 2 unspecified atom stereocenters. The summed E-state index contributed by atoms with van der Waals surface area (Å²) in [6, 6.07) is 2.14. The molecule has 6 atom stereocenters. The fraction of sp³-hybridized carbons (Fsp3) is 0.500. The molecule has 36 heavy (non-hydrogen) atoms. The lowest BCUT2D eigenvalue weighted by Crippen LogP contribution is -2.71. The summed E-state index contributed by atoms with van der Waals surface area (Å²) >= 11 is 2.06. The van der Waals surface area contributed by atoms with E-state index in [4.69, 9.17) is 15.2 Å². The first kappa shape index (κ1) is 26.5. The Balaban J connectivity index is 1.82. The highest BCUT2D eigenvalue weighted by Crippen LogP contribution is 2.52. The van der Waals surface area contributed by atoms with E-state index in [0.29, 0.717) is 5.56 Å². The van der Waals surface area contributed by atoms with Gasteiger partial charge in [-0.2, -0.15) is 0 Å². The van der Waals surface area contributed by atoms with Crippen molar-refractivity contribution in [3.8, 4) is 5.75 Å². The average molecular weight is 614 g/mol. The van der Waals surface area contributed by atoms with E-state index in [9.17, 15) is 34.5 Å².